The molecule has 0 fully saturated rings. The van der Waals surface area contributed by atoms with Gasteiger partial charge in [-0.25, -0.2) is 0 Å². The maximum atomic E-state index is 12.6. The van der Waals surface area contributed by atoms with Crippen molar-refractivity contribution in [3.05, 3.63) is 29.3 Å². The van der Waals surface area contributed by atoms with E-state index in [0.29, 0.717) is 12.1 Å². The minimum Gasteiger partial charge on any atom is -0.308 e. The van der Waals surface area contributed by atoms with E-state index in [1.165, 1.54) is 0 Å². The second kappa shape index (κ2) is 5.62. The third-order valence-electron chi connectivity index (χ3n) is 2.28. The van der Waals surface area contributed by atoms with Crippen LogP contribution in [-0.2, 0) is 12.4 Å². The molecule has 0 heterocycles. The SMILES string of the molecule is CN[C@H](C)Sc1cc(C(F)(F)F)cc(C(F)(F)F)c1. The number of alkyl halides is 6. The summed E-state index contributed by atoms with van der Waals surface area (Å²) in [5.41, 5.74) is -2.60. The van der Waals surface area contributed by atoms with E-state index in [9.17, 15) is 26.3 Å². The van der Waals surface area contributed by atoms with Gasteiger partial charge in [0, 0.05) is 4.90 Å². The van der Waals surface area contributed by atoms with Crippen molar-refractivity contribution in [1.82, 2.24) is 5.32 Å². The molecule has 8 heteroatoms. The number of thioether (sulfide) groups is 1. The number of nitrogens with one attached hydrogen (secondary N) is 1. The van der Waals surface area contributed by atoms with Crippen LogP contribution in [0, 0.1) is 0 Å². The number of halogens is 6. The number of rotatable bonds is 3. The normalized spacial score (nSPS) is 14.5. The van der Waals surface area contributed by atoms with Gasteiger partial charge in [0.1, 0.15) is 0 Å². The van der Waals surface area contributed by atoms with Gasteiger partial charge in [-0.1, -0.05) is 0 Å². The van der Waals surface area contributed by atoms with E-state index >= 15 is 0 Å². The van der Waals surface area contributed by atoms with E-state index in [0.717, 1.165) is 11.8 Å². The van der Waals surface area contributed by atoms with Gasteiger partial charge in [0.05, 0.1) is 16.5 Å². The van der Waals surface area contributed by atoms with Crippen molar-refractivity contribution < 1.29 is 26.3 Å². The molecule has 1 N–H and O–H groups in total. The highest BCUT2D eigenvalue weighted by atomic mass is 32.2. The van der Waals surface area contributed by atoms with Crippen molar-refractivity contribution in [1.29, 1.82) is 0 Å². The molecule has 0 aliphatic rings. The Morgan fingerprint density at radius 3 is 1.68 bits per heavy atom. The first kappa shape index (κ1) is 16.2. The van der Waals surface area contributed by atoms with Gasteiger partial charge in [-0.3, -0.25) is 0 Å². The minimum absolute atomic E-state index is 0.0796. The van der Waals surface area contributed by atoms with Gasteiger partial charge in [-0.15, -0.1) is 11.8 Å². The molecule has 1 atom stereocenters. The topological polar surface area (TPSA) is 12.0 Å². The summed E-state index contributed by atoms with van der Waals surface area (Å²) in [6, 6.07) is 1.55. The molecule has 0 amide bonds. The maximum absolute atomic E-state index is 12.6. The molecule has 1 rings (SSSR count). The highest BCUT2D eigenvalue weighted by Gasteiger charge is 2.37. The van der Waals surface area contributed by atoms with Crippen molar-refractivity contribution in [2.45, 2.75) is 29.5 Å². The molecule has 0 saturated heterocycles. The summed E-state index contributed by atoms with van der Waals surface area (Å²) in [6.07, 6.45) is -9.61. The van der Waals surface area contributed by atoms with Crippen LogP contribution < -0.4 is 5.32 Å². The van der Waals surface area contributed by atoms with Crippen LogP contribution in [0.5, 0.6) is 0 Å². The average Bonchev–Trinajstić information content (AvgIpc) is 2.26. The quantitative estimate of drug-likeness (QED) is 0.505. The van der Waals surface area contributed by atoms with E-state index in [4.69, 9.17) is 0 Å². The van der Waals surface area contributed by atoms with Crippen LogP contribution in [0.3, 0.4) is 0 Å². The van der Waals surface area contributed by atoms with Crippen molar-refractivity contribution in [2.75, 3.05) is 7.05 Å². The summed E-state index contributed by atoms with van der Waals surface area (Å²) in [6.45, 7) is 1.64. The van der Waals surface area contributed by atoms with Gasteiger partial charge in [-0.05, 0) is 32.2 Å². The fraction of sp³-hybridized carbons (Fsp3) is 0.455. The second-order valence-corrected chi connectivity index (χ2v) is 5.20. The van der Waals surface area contributed by atoms with Crippen LogP contribution in [0.1, 0.15) is 18.1 Å². The molecule has 0 aliphatic heterocycles. The van der Waals surface area contributed by atoms with Crippen LogP contribution in [0.2, 0.25) is 0 Å². The van der Waals surface area contributed by atoms with Gasteiger partial charge in [0.2, 0.25) is 0 Å². The minimum atomic E-state index is -4.81. The third-order valence-corrected chi connectivity index (χ3v) is 3.38. The van der Waals surface area contributed by atoms with Crippen LogP contribution in [-0.4, -0.2) is 12.4 Å². The molecule has 0 spiro atoms. The fourth-order valence-corrected chi connectivity index (χ4v) is 2.17. The second-order valence-electron chi connectivity index (χ2n) is 3.79. The molecule has 1 aromatic carbocycles. The lowest BCUT2D eigenvalue weighted by atomic mass is 10.1. The standard InChI is InChI=1S/C11H11F6NS/c1-6(18-2)19-9-4-7(10(12,13)14)3-8(5-9)11(15,16)17/h3-6,18H,1-2H3/t6-/m0/s1. The lowest BCUT2D eigenvalue weighted by molar-refractivity contribution is -0.143. The van der Waals surface area contributed by atoms with Crippen molar-refractivity contribution >= 4 is 11.8 Å². The Kier molecular flexibility index (Phi) is 4.78. The Hall–Kier alpha value is -0.890. The Bertz CT molecular complexity index is 408. The molecule has 1 nitrogen and oxygen atoms in total. The average molecular weight is 303 g/mol. The summed E-state index contributed by atoms with van der Waals surface area (Å²) >= 11 is 0.893. The number of hydrogen-bond donors (Lipinski definition) is 1. The molecule has 108 valence electrons. The Morgan fingerprint density at radius 1 is 0.947 bits per heavy atom. The maximum Gasteiger partial charge on any atom is 0.416 e. The monoisotopic (exact) mass is 303 g/mol. The van der Waals surface area contributed by atoms with Crippen LogP contribution in [0.4, 0.5) is 26.3 Å². The Balaban J connectivity index is 3.25. The van der Waals surface area contributed by atoms with Crippen LogP contribution in [0.15, 0.2) is 23.1 Å². The van der Waals surface area contributed by atoms with Gasteiger partial charge < -0.3 is 5.32 Å². The first-order chi connectivity index (χ1) is 8.54. The molecule has 0 saturated carbocycles. The molecule has 1 aromatic rings. The molecule has 0 unspecified atom stereocenters. The van der Waals surface area contributed by atoms with E-state index in [1.54, 1.807) is 14.0 Å². The summed E-state index contributed by atoms with van der Waals surface area (Å²) in [5.74, 6) is 0. The Labute approximate surface area is 110 Å². The molecular weight excluding hydrogens is 292 g/mol. The smallest absolute Gasteiger partial charge is 0.308 e. The molecule has 19 heavy (non-hydrogen) atoms. The largest absolute Gasteiger partial charge is 0.416 e. The van der Waals surface area contributed by atoms with E-state index in [1.807, 2.05) is 0 Å². The molecule has 0 radical (unpaired) electrons. The van der Waals surface area contributed by atoms with Gasteiger partial charge >= 0.3 is 12.4 Å². The van der Waals surface area contributed by atoms with E-state index < -0.39 is 23.5 Å². The zero-order chi connectivity index (χ0) is 14.8. The van der Waals surface area contributed by atoms with Gasteiger partial charge in [0.25, 0.3) is 0 Å². The lowest BCUT2D eigenvalue weighted by Gasteiger charge is -2.16. The molecule has 0 aliphatic carbocycles. The third kappa shape index (κ3) is 4.61. The molecule has 0 bridgehead atoms. The first-order valence-electron chi connectivity index (χ1n) is 5.17. The Morgan fingerprint density at radius 2 is 1.37 bits per heavy atom. The summed E-state index contributed by atoms with van der Waals surface area (Å²) < 4.78 is 75.4. The molecular formula is C11H11F6NS. The lowest BCUT2D eigenvalue weighted by Crippen LogP contribution is -2.17. The predicted molar refractivity (Wildman–Crippen MR) is 60.8 cm³/mol. The molecule has 0 aromatic heterocycles. The fourth-order valence-electron chi connectivity index (χ4n) is 1.26. The van der Waals surface area contributed by atoms with Crippen molar-refractivity contribution in [2.24, 2.45) is 0 Å². The highest BCUT2D eigenvalue weighted by Crippen LogP contribution is 2.38. The van der Waals surface area contributed by atoms with Gasteiger partial charge in [-0.2, -0.15) is 26.3 Å². The first-order valence-corrected chi connectivity index (χ1v) is 6.05. The van der Waals surface area contributed by atoms with E-state index in [2.05, 4.69) is 5.32 Å². The van der Waals surface area contributed by atoms with Crippen molar-refractivity contribution in [3.63, 3.8) is 0 Å². The zero-order valence-corrected chi connectivity index (χ0v) is 10.8. The highest BCUT2D eigenvalue weighted by molar-refractivity contribution is 7.99. The summed E-state index contributed by atoms with van der Waals surface area (Å²) in [4.78, 5) is -0.0796. The van der Waals surface area contributed by atoms with Crippen molar-refractivity contribution in [3.8, 4) is 0 Å². The van der Waals surface area contributed by atoms with E-state index in [-0.39, 0.29) is 16.3 Å². The van der Waals surface area contributed by atoms with Crippen LogP contribution >= 0.6 is 11.8 Å². The van der Waals surface area contributed by atoms with Crippen LogP contribution in [0.25, 0.3) is 0 Å². The number of benzene rings is 1. The van der Waals surface area contributed by atoms with Gasteiger partial charge in [0.15, 0.2) is 0 Å². The summed E-state index contributed by atoms with van der Waals surface area (Å²) in [5, 5.41) is 2.43. The number of hydrogen-bond acceptors (Lipinski definition) is 2. The summed E-state index contributed by atoms with van der Waals surface area (Å²) in [7, 11) is 1.57. The predicted octanol–water partition coefficient (Wildman–Crippen LogP) is 4.38. The zero-order valence-electron chi connectivity index (χ0n) is 9.99.